The van der Waals surface area contributed by atoms with E-state index >= 15 is 0 Å². The normalized spacial score (nSPS) is 19.8. The molecule has 0 bridgehead atoms. The van der Waals surface area contributed by atoms with Crippen LogP contribution in [-0.4, -0.2) is 63.9 Å². The highest BCUT2D eigenvalue weighted by atomic mass is 16.6. The summed E-state index contributed by atoms with van der Waals surface area (Å²) in [5.74, 6) is 2.00. The van der Waals surface area contributed by atoms with E-state index in [9.17, 15) is 4.79 Å². The third kappa shape index (κ3) is 4.13. The fourth-order valence-corrected chi connectivity index (χ4v) is 4.46. The van der Waals surface area contributed by atoms with Crippen molar-refractivity contribution in [3.8, 4) is 11.4 Å². The Hall–Kier alpha value is -3.83. The number of nitrogens with one attached hydrogen (secondary N) is 2. The lowest BCUT2D eigenvalue weighted by atomic mass is 10.1. The van der Waals surface area contributed by atoms with Crippen molar-refractivity contribution in [1.82, 2.24) is 24.6 Å². The van der Waals surface area contributed by atoms with Crippen LogP contribution in [0.25, 0.3) is 27.8 Å². The fourth-order valence-electron chi connectivity index (χ4n) is 4.46. The van der Waals surface area contributed by atoms with Crippen molar-refractivity contribution in [2.75, 3.05) is 49.1 Å². The van der Waals surface area contributed by atoms with Gasteiger partial charge in [0.1, 0.15) is 5.82 Å². The lowest BCUT2D eigenvalue weighted by molar-refractivity contribution is -0.117. The van der Waals surface area contributed by atoms with Crippen molar-refractivity contribution < 1.29 is 14.4 Å². The molecule has 6 rings (SSSR count). The molecule has 1 amide bonds. The first kappa shape index (κ1) is 21.7. The van der Waals surface area contributed by atoms with Gasteiger partial charge >= 0.3 is 0 Å². The molecule has 0 unspecified atom stereocenters. The Morgan fingerprint density at radius 1 is 1.17 bits per heavy atom. The predicted octanol–water partition coefficient (Wildman–Crippen LogP) is 2.74. The Balaban J connectivity index is 1.40. The number of fused-ring (bicyclic) bond motifs is 2. The molecule has 0 radical (unpaired) electrons. The predicted molar refractivity (Wildman–Crippen MR) is 131 cm³/mol. The first-order chi connectivity index (χ1) is 17.1. The smallest absolute Gasteiger partial charge is 0.228 e. The van der Waals surface area contributed by atoms with Gasteiger partial charge in [-0.1, -0.05) is 6.92 Å². The molecule has 11 nitrogen and oxygen atoms in total. The summed E-state index contributed by atoms with van der Waals surface area (Å²) in [5, 5.41) is 9.23. The summed E-state index contributed by atoms with van der Waals surface area (Å²) in [6.07, 6.45) is 6.27. The first-order valence-corrected chi connectivity index (χ1v) is 11.7. The van der Waals surface area contributed by atoms with Crippen LogP contribution >= 0.6 is 0 Å². The van der Waals surface area contributed by atoms with Gasteiger partial charge in [0.2, 0.25) is 5.91 Å². The monoisotopic (exact) mass is 474 g/mol. The Morgan fingerprint density at radius 2 is 2.00 bits per heavy atom. The van der Waals surface area contributed by atoms with Crippen LogP contribution in [0.1, 0.15) is 13.3 Å². The summed E-state index contributed by atoms with van der Waals surface area (Å²) in [6.45, 7) is 5.19. The van der Waals surface area contributed by atoms with Gasteiger partial charge in [0, 0.05) is 47.7 Å². The zero-order chi connectivity index (χ0) is 23.9. The highest BCUT2D eigenvalue weighted by molar-refractivity contribution is 6.03. The van der Waals surface area contributed by atoms with Crippen molar-refractivity contribution in [3.63, 3.8) is 0 Å². The van der Waals surface area contributed by atoms with Gasteiger partial charge < -0.3 is 15.0 Å². The molecule has 180 valence electrons. The molecular weight excluding hydrogens is 448 g/mol. The summed E-state index contributed by atoms with van der Waals surface area (Å²) in [4.78, 5) is 33.5. The lowest BCUT2D eigenvalue weighted by Crippen LogP contribution is -2.36. The Bertz CT molecular complexity index is 1410. The number of carbonyl (C=O) groups excluding carboxylic acids is 1. The van der Waals surface area contributed by atoms with E-state index < -0.39 is 0 Å². The second-order valence-corrected chi connectivity index (χ2v) is 8.98. The maximum absolute atomic E-state index is 12.5. The first-order valence-electron chi connectivity index (χ1n) is 11.7. The quantitative estimate of drug-likeness (QED) is 0.407. The minimum Gasteiger partial charge on any atom is -0.378 e. The van der Waals surface area contributed by atoms with E-state index in [4.69, 9.17) is 19.7 Å². The number of pyridine rings is 3. The van der Waals surface area contributed by atoms with Crippen molar-refractivity contribution in [1.29, 1.82) is 0 Å². The van der Waals surface area contributed by atoms with E-state index in [-0.39, 0.29) is 11.8 Å². The highest BCUT2D eigenvalue weighted by Crippen LogP contribution is 2.39. The van der Waals surface area contributed by atoms with E-state index in [2.05, 4.69) is 38.7 Å². The molecule has 1 saturated carbocycles. The topological polar surface area (TPSA) is 119 Å². The largest absolute Gasteiger partial charge is 0.378 e. The molecule has 11 heteroatoms. The number of hydrogen-bond donors (Lipinski definition) is 2. The Kier molecular flexibility index (Phi) is 5.42. The van der Waals surface area contributed by atoms with Crippen LogP contribution < -0.4 is 15.7 Å². The summed E-state index contributed by atoms with van der Waals surface area (Å²) >= 11 is 0. The molecule has 0 spiro atoms. The van der Waals surface area contributed by atoms with Crippen molar-refractivity contribution in [2.45, 2.75) is 13.3 Å². The molecule has 4 aromatic heterocycles. The van der Waals surface area contributed by atoms with Gasteiger partial charge in [-0.3, -0.25) is 9.63 Å². The molecular formula is C24H26N8O3. The SMILES string of the molecule is CONc1ncc(-c2nc3ccc(N4CCOCC4)cn3n2)c2cc(NC(=O)[C@H]3C[C@H]3C)ncc12. The molecule has 35 heavy (non-hydrogen) atoms. The molecule has 1 saturated heterocycles. The van der Waals surface area contributed by atoms with Crippen LogP contribution in [0.15, 0.2) is 36.8 Å². The summed E-state index contributed by atoms with van der Waals surface area (Å²) in [7, 11) is 1.52. The highest BCUT2D eigenvalue weighted by Gasteiger charge is 2.39. The lowest BCUT2D eigenvalue weighted by Gasteiger charge is -2.28. The molecule has 2 fully saturated rings. The third-order valence-corrected chi connectivity index (χ3v) is 6.60. The van der Waals surface area contributed by atoms with E-state index in [1.165, 1.54) is 7.11 Å². The number of aromatic nitrogens is 5. The number of rotatable bonds is 6. The minimum absolute atomic E-state index is 0.00306. The summed E-state index contributed by atoms with van der Waals surface area (Å²) in [5.41, 5.74) is 5.33. The van der Waals surface area contributed by atoms with E-state index in [1.54, 1.807) is 16.9 Å². The van der Waals surface area contributed by atoms with Crippen LogP contribution in [0.3, 0.4) is 0 Å². The van der Waals surface area contributed by atoms with Gasteiger partial charge in [0.15, 0.2) is 17.3 Å². The standard InChI is InChI=1S/C24H26N8O3/c1-14-9-16(14)24(33)27-20-10-17-18(11-25-20)22(30-34-2)26-12-19(17)23-28-21-4-3-15(13-32(21)29-23)31-5-7-35-8-6-31/h3-4,10-14,16H,5-9H2,1-2H3,(H,26,30)(H,25,27,33)/t14-,16+/m1/s1. The maximum atomic E-state index is 12.5. The van der Waals surface area contributed by atoms with Gasteiger partial charge in [-0.2, -0.15) is 0 Å². The molecule has 2 atom stereocenters. The molecule has 1 aliphatic carbocycles. The molecule has 4 aromatic rings. The van der Waals surface area contributed by atoms with Gasteiger partial charge in [-0.15, -0.1) is 5.10 Å². The number of ether oxygens (including phenoxy) is 1. The number of nitrogens with zero attached hydrogens (tertiary/aromatic N) is 6. The van der Waals surface area contributed by atoms with Gasteiger partial charge in [-0.25, -0.2) is 24.9 Å². The fraction of sp³-hybridized carbons (Fsp3) is 0.375. The van der Waals surface area contributed by atoms with Crippen LogP contribution in [0.4, 0.5) is 17.3 Å². The van der Waals surface area contributed by atoms with E-state index in [0.29, 0.717) is 36.6 Å². The number of carbonyl (C=O) groups is 1. The van der Waals surface area contributed by atoms with Crippen LogP contribution in [0.2, 0.25) is 0 Å². The maximum Gasteiger partial charge on any atom is 0.228 e. The second kappa shape index (κ2) is 8.75. The van der Waals surface area contributed by atoms with E-state index in [0.717, 1.165) is 47.2 Å². The number of morpholine rings is 1. The number of hydrogen-bond acceptors (Lipinski definition) is 9. The van der Waals surface area contributed by atoms with Gasteiger partial charge in [-0.05, 0) is 30.5 Å². The third-order valence-electron chi connectivity index (χ3n) is 6.60. The van der Waals surface area contributed by atoms with E-state index in [1.807, 2.05) is 18.3 Å². The van der Waals surface area contributed by atoms with Crippen LogP contribution in [-0.2, 0) is 14.4 Å². The summed E-state index contributed by atoms with van der Waals surface area (Å²) < 4.78 is 7.25. The second-order valence-electron chi connectivity index (χ2n) is 8.98. The Morgan fingerprint density at radius 3 is 2.77 bits per heavy atom. The van der Waals surface area contributed by atoms with Crippen LogP contribution in [0, 0.1) is 11.8 Å². The molecule has 1 aliphatic heterocycles. The molecule has 5 heterocycles. The molecule has 2 aliphatic rings. The zero-order valence-corrected chi connectivity index (χ0v) is 19.6. The summed E-state index contributed by atoms with van der Waals surface area (Å²) in [6, 6.07) is 5.85. The zero-order valence-electron chi connectivity index (χ0n) is 19.6. The number of amides is 1. The average molecular weight is 475 g/mol. The van der Waals surface area contributed by atoms with Gasteiger partial charge in [0.05, 0.1) is 32.2 Å². The average Bonchev–Trinajstić information content (AvgIpc) is 3.47. The number of anilines is 3. The van der Waals surface area contributed by atoms with Crippen LogP contribution in [0.5, 0.6) is 0 Å². The Labute approximate surface area is 201 Å². The molecule has 0 aromatic carbocycles. The minimum atomic E-state index is -0.00306. The molecule has 2 N–H and O–H groups in total. The van der Waals surface area contributed by atoms with Crippen molar-refractivity contribution >= 4 is 39.6 Å². The van der Waals surface area contributed by atoms with Gasteiger partial charge in [0.25, 0.3) is 0 Å². The van der Waals surface area contributed by atoms with Crippen molar-refractivity contribution in [2.24, 2.45) is 11.8 Å². The van der Waals surface area contributed by atoms with Crippen molar-refractivity contribution in [3.05, 3.63) is 36.8 Å².